The van der Waals surface area contributed by atoms with Gasteiger partial charge in [-0.3, -0.25) is 0 Å². The molecule has 1 nitrogen and oxygen atoms in total. The van der Waals surface area contributed by atoms with Crippen LogP contribution in [0.5, 0.6) is 0 Å². The third-order valence-electron chi connectivity index (χ3n) is 3.62. The van der Waals surface area contributed by atoms with E-state index in [0.29, 0.717) is 0 Å². The highest BCUT2D eigenvalue weighted by Gasteiger charge is 2.22. The standard InChI is InChI=1S/C17H19N/c1-18(13-14-10-11-14)17-9-5-8-16(12-17)15-6-3-2-4-7-15/h2-9,12,14H,10-11,13H2,1H3. The number of hydrogen-bond acceptors (Lipinski definition) is 1. The topological polar surface area (TPSA) is 3.24 Å². The molecule has 0 amide bonds. The summed E-state index contributed by atoms with van der Waals surface area (Å²) in [5.74, 6) is 0.926. The minimum absolute atomic E-state index is 0.926. The van der Waals surface area contributed by atoms with E-state index in [1.54, 1.807) is 0 Å². The lowest BCUT2D eigenvalue weighted by molar-refractivity contribution is 0.787. The molecule has 1 aliphatic rings. The summed E-state index contributed by atoms with van der Waals surface area (Å²) in [6.07, 6.45) is 2.81. The summed E-state index contributed by atoms with van der Waals surface area (Å²) in [5, 5.41) is 0. The zero-order chi connectivity index (χ0) is 12.4. The molecule has 0 N–H and O–H groups in total. The second-order valence-corrected chi connectivity index (χ2v) is 5.24. The third-order valence-corrected chi connectivity index (χ3v) is 3.62. The van der Waals surface area contributed by atoms with E-state index in [0.717, 1.165) is 5.92 Å². The van der Waals surface area contributed by atoms with Gasteiger partial charge in [-0.15, -0.1) is 0 Å². The highest BCUT2D eigenvalue weighted by Crippen LogP contribution is 2.31. The van der Waals surface area contributed by atoms with Crippen molar-refractivity contribution >= 4 is 5.69 Å². The van der Waals surface area contributed by atoms with E-state index in [4.69, 9.17) is 0 Å². The molecule has 3 rings (SSSR count). The largest absolute Gasteiger partial charge is 0.374 e. The molecule has 1 saturated carbocycles. The Morgan fingerprint density at radius 1 is 0.944 bits per heavy atom. The highest BCUT2D eigenvalue weighted by atomic mass is 15.1. The van der Waals surface area contributed by atoms with Crippen LogP contribution in [-0.4, -0.2) is 13.6 Å². The smallest absolute Gasteiger partial charge is 0.0369 e. The van der Waals surface area contributed by atoms with Crippen molar-refractivity contribution in [3.63, 3.8) is 0 Å². The minimum Gasteiger partial charge on any atom is -0.374 e. The molecule has 92 valence electrons. The van der Waals surface area contributed by atoms with Gasteiger partial charge in [0, 0.05) is 19.3 Å². The van der Waals surface area contributed by atoms with E-state index >= 15 is 0 Å². The molecule has 0 aliphatic heterocycles. The Hall–Kier alpha value is -1.76. The van der Waals surface area contributed by atoms with Crippen LogP contribution in [-0.2, 0) is 0 Å². The number of anilines is 1. The van der Waals surface area contributed by atoms with Crippen LogP contribution in [0.15, 0.2) is 54.6 Å². The van der Waals surface area contributed by atoms with Crippen molar-refractivity contribution < 1.29 is 0 Å². The Balaban J connectivity index is 1.84. The van der Waals surface area contributed by atoms with Gasteiger partial charge in [0.25, 0.3) is 0 Å². The Kier molecular flexibility index (Phi) is 3.06. The molecule has 0 saturated heterocycles. The van der Waals surface area contributed by atoms with Gasteiger partial charge >= 0.3 is 0 Å². The highest BCUT2D eigenvalue weighted by molar-refractivity contribution is 5.68. The van der Waals surface area contributed by atoms with E-state index in [1.807, 2.05) is 0 Å². The minimum atomic E-state index is 0.926. The van der Waals surface area contributed by atoms with Gasteiger partial charge in [0.2, 0.25) is 0 Å². The summed E-state index contributed by atoms with van der Waals surface area (Å²) in [6.45, 7) is 1.19. The molecule has 0 radical (unpaired) electrons. The van der Waals surface area contributed by atoms with Gasteiger partial charge in [0.15, 0.2) is 0 Å². The molecule has 0 aromatic heterocycles. The molecule has 0 heterocycles. The Morgan fingerprint density at radius 3 is 2.39 bits per heavy atom. The Morgan fingerprint density at radius 2 is 1.67 bits per heavy atom. The molecular weight excluding hydrogens is 218 g/mol. The quantitative estimate of drug-likeness (QED) is 0.770. The molecule has 0 unspecified atom stereocenters. The first-order valence-electron chi connectivity index (χ1n) is 6.69. The maximum absolute atomic E-state index is 2.38. The molecule has 18 heavy (non-hydrogen) atoms. The van der Waals surface area contributed by atoms with E-state index in [2.05, 4.69) is 66.5 Å². The Labute approximate surface area is 109 Å². The molecule has 2 aromatic rings. The normalized spacial score (nSPS) is 14.5. The van der Waals surface area contributed by atoms with Gasteiger partial charge in [-0.25, -0.2) is 0 Å². The van der Waals surface area contributed by atoms with Crippen molar-refractivity contribution in [1.82, 2.24) is 0 Å². The van der Waals surface area contributed by atoms with Crippen LogP contribution in [0.3, 0.4) is 0 Å². The first kappa shape index (κ1) is 11.3. The number of hydrogen-bond donors (Lipinski definition) is 0. The molecule has 0 atom stereocenters. The van der Waals surface area contributed by atoms with Crippen molar-refractivity contribution in [3.05, 3.63) is 54.6 Å². The summed E-state index contributed by atoms with van der Waals surface area (Å²) in [6, 6.07) is 19.4. The summed E-state index contributed by atoms with van der Waals surface area (Å²) in [7, 11) is 2.20. The maximum atomic E-state index is 2.38. The predicted octanol–water partition coefficient (Wildman–Crippen LogP) is 4.20. The monoisotopic (exact) mass is 237 g/mol. The van der Waals surface area contributed by atoms with Crippen molar-refractivity contribution in [1.29, 1.82) is 0 Å². The molecular formula is C17H19N. The summed E-state index contributed by atoms with van der Waals surface area (Å²) in [4.78, 5) is 2.38. The molecule has 1 heteroatoms. The molecule has 0 spiro atoms. The van der Waals surface area contributed by atoms with Gasteiger partial charge in [-0.05, 0) is 42.0 Å². The predicted molar refractivity (Wildman–Crippen MR) is 77.9 cm³/mol. The Bertz CT molecular complexity index is 514. The first-order valence-corrected chi connectivity index (χ1v) is 6.69. The fraction of sp³-hybridized carbons (Fsp3) is 0.294. The first-order chi connectivity index (χ1) is 8.83. The molecule has 2 aromatic carbocycles. The van der Waals surface area contributed by atoms with Gasteiger partial charge in [-0.2, -0.15) is 0 Å². The average Bonchev–Trinajstić information content (AvgIpc) is 3.24. The second-order valence-electron chi connectivity index (χ2n) is 5.24. The lowest BCUT2D eigenvalue weighted by Gasteiger charge is -2.19. The van der Waals surface area contributed by atoms with Crippen LogP contribution in [0.4, 0.5) is 5.69 Å². The maximum Gasteiger partial charge on any atom is 0.0369 e. The number of nitrogens with zero attached hydrogens (tertiary/aromatic N) is 1. The molecule has 1 aliphatic carbocycles. The van der Waals surface area contributed by atoms with Gasteiger partial charge in [-0.1, -0.05) is 42.5 Å². The van der Waals surface area contributed by atoms with E-state index in [9.17, 15) is 0 Å². The second kappa shape index (κ2) is 4.85. The van der Waals surface area contributed by atoms with Gasteiger partial charge < -0.3 is 4.90 Å². The lowest BCUT2D eigenvalue weighted by Crippen LogP contribution is -2.19. The van der Waals surface area contributed by atoms with Crippen LogP contribution in [0, 0.1) is 5.92 Å². The van der Waals surface area contributed by atoms with Crippen molar-refractivity contribution in [3.8, 4) is 11.1 Å². The number of rotatable bonds is 4. The number of benzene rings is 2. The van der Waals surface area contributed by atoms with Crippen LogP contribution in [0.2, 0.25) is 0 Å². The summed E-state index contributed by atoms with van der Waals surface area (Å²) in [5.41, 5.74) is 3.91. The van der Waals surface area contributed by atoms with Crippen LogP contribution in [0.25, 0.3) is 11.1 Å². The van der Waals surface area contributed by atoms with Crippen LogP contribution in [0.1, 0.15) is 12.8 Å². The molecule has 1 fully saturated rings. The SMILES string of the molecule is CN(CC1CC1)c1cccc(-c2ccccc2)c1. The zero-order valence-corrected chi connectivity index (χ0v) is 10.8. The average molecular weight is 237 g/mol. The van der Waals surface area contributed by atoms with Crippen LogP contribution >= 0.6 is 0 Å². The van der Waals surface area contributed by atoms with Gasteiger partial charge in [0.1, 0.15) is 0 Å². The summed E-state index contributed by atoms with van der Waals surface area (Å²) >= 11 is 0. The molecule has 0 bridgehead atoms. The van der Waals surface area contributed by atoms with Crippen LogP contribution < -0.4 is 4.90 Å². The van der Waals surface area contributed by atoms with Gasteiger partial charge in [0.05, 0.1) is 0 Å². The lowest BCUT2D eigenvalue weighted by atomic mass is 10.1. The van der Waals surface area contributed by atoms with E-state index < -0.39 is 0 Å². The summed E-state index contributed by atoms with van der Waals surface area (Å²) < 4.78 is 0. The fourth-order valence-electron chi connectivity index (χ4n) is 2.35. The van der Waals surface area contributed by atoms with Crippen molar-refractivity contribution in [2.45, 2.75) is 12.8 Å². The van der Waals surface area contributed by atoms with E-state index in [-0.39, 0.29) is 0 Å². The van der Waals surface area contributed by atoms with E-state index in [1.165, 1.54) is 36.2 Å². The zero-order valence-electron chi connectivity index (χ0n) is 10.8. The fourth-order valence-corrected chi connectivity index (χ4v) is 2.35. The van der Waals surface area contributed by atoms with Crippen molar-refractivity contribution in [2.75, 3.05) is 18.5 Å². The third kappa shape index (κ3) is 2.56. The van der Waals surface area contributed by atoms with Crippen molar-refractivity contribution in [2.24, 2.45) is 5.92 Å².